The van der Waals surface area contributed by atoms with Crippen LogP contribution < -0.4 is 5.32 Å². The highest BCUT2D eigenvalue weighted by Gasteiger charge is 2.31. The number of nitrogens with one attached hydrogen (secondary N) is 1. The molecule has 6 heteroatoms. The Morgan fingerprint density at radius 2 is 2.05 bits per heavy atom. The normalized spacial score (nSPS) is 21.0. The molecule has 0 aromatic rings. The van der Waals surface area contributed by atoms with E-state index >= 15 is 0 Å². The standard InChI is InChI=1S/C15H28N2O4/c1-5-12(13(18)19)16-10-11-8-6-7-9-17(11)14(20)21-15(2,3)4/h11-12,16H,5-10H2,1-4H3,(H,18,19). The van der Waals surface area contributed by atoms with Gasteiger partial charge >= 0.3 is 12.1 Å². The molecule has 1 aliphatic rings. The molecule has 0 aromatic heterocycles. The molecule has 2 atom stereocenters. The molecular formula is C15H28N2O4. The summed E-state index contributed by atoms with van der Waals surface area (Å²) in [4.78, 5) is 25.0. The van der Waals surface area contributed by atoms with Crippen LogP contribution in [0.5, 0.6) is 0 Å². The maximum atomic E-state index is 12.2. The molecule has 0 radical (unpaired) electrons. The first-order chi connectivity index (χ1) is 9.74. The summed E-state index contributed by atoms with van der Waals surface area (Å²) in [6.07, 6.45) is 3.11. The minimum Gasteiger partial charge on any atom is -0.480 e. The van der Waals surface area contributed by atoms with Gasteiger partial charge in [0.1, 0.15) is 11.6 Å². The van der Waals surface area contributed by atoms with Gasteiger partial charge in [-0.3, -0.25) is 4.79 Å². The van der Waals surface area contributed by atoms with E-state index in [9.17, 15) is 9.59 Å². The average Bonchev–Trinajstić information content (AvgIpc) is 2.37. The van der Waals surface area contributed by atoms with E-state index in [1.54, 1.807) is 4.90 Å². The number of piperidine rings is 1. The lowest BCUT2D eigenvalue weighted by atomic mass is 10.0. The third-order valence-electron chi connectivity index (χ3n) is 3.56. The zero-order chi connectivity index (χ0) is 16.0. The molecular weight excluding hydrogens is 272 g/mol. The molecule has 1 heterocycles. The number of nitrogens with zero attached hydrogens (tertiary/aromatic N) is 1. The molecule has 6 nitrogen and oxygen atoms in total. The van der Waals surface area contributed by atoms with Gasteiger partial charge in [-0.1, -0.05) is 6.92 Å². The number of amides is 1. The van der Waals surface area contributed by atoms with Crippen LogP contribution in [-0.2, 0) is 9.53 Å². The smallest absolute Gasteiger partial charge is 0.410 e. The molecule has 1 rings (SSSR count). The van der Waals surface area contributed by atoms with E-state index in [1.807, 2.05) is 27.7 Å². The zero-order valence-electron chi connectivity index (χ0n) is 13.5. The van der Waals surface area contributed by atoms with Crippen molar-refractivity contribution < 1.29 is 19.4 Å². The van der Waals surface area contributed by atoms with Crippen molar-refractivity contribution in [2.75, 3.05) is 13.1 Å². The predicted octanol–water partition coefficient (Wildman–Crippen LogP) is 2.23. The van der Waals surface area contributed by atoms with Crippen LogP contribution in [0.1, 0.15) is 53.4 Å². The fraction of sp³-hybridized carbons (Fsp3) is 0.867. The number of likely N-dealkylation sites (tertiary alicyclic amines) is 1. The third-order valence-corrected chi connectivity index (χ3v) is 3.56. The summed E-state index contributed by atoms with van der Waals surface area (Å²) in [5.74, 6) is -0.850. The number of aliphatic carboxylic acids is 1. The van der Waals surface area contributed by atoms with Gasteiger partial charge in [0.25, 0.3) is 0 Å². The van der Waals surface area contributed by atoms with Crippen LogP contribution >= 0.6 is 0 Å². The van der Waals surface area contributed by atoms with Crippen molar-refractivity contribution in [3.8, 4) is 0 Å². The maximum absolute atomic E-state index is 12.2. The van der Waals surface area contributed by atoms with Gasteiger partial charge in [-0.15, -0.1) is 0 Å². The number of hydrogen-bond acceptors (Lipinski definition) is 4. The van der Waals surface area contributed by atoms with Crippen LogP contribution in [0, 0.1) is 0 Å². The molecule has 0 bridgehead atoms. The summed E-state index contributed by atoms with van der Waals surface area (Å²) < 4.78 is 5.43. The van der Waals surface area contributed by atoms with Gasteiger partial charge in [-0.05, 0) is 46.5 Å². The zero-order valence-corrected chi connectivity index (χ0v) is 13.5. The Labute approximate surface area is 126 Å². The SMILES string of the molecule is CCC(NCC1CCCCN1C(=O)OC(C)(C)C)C(=O)O. The van der Waals surface area contributed by atoms with E-state index in [0.29, 0.717) is 19.5 Å². The molecule has 0 saturated carbocycles. The maximum Gasteiger partial charge on any atom is 0.410 e. The molecule has 1 amide bonds. The van der Waals surface area contributed by atoms with E-state index in [0.717, 1.165) is 19.3 Å². The molecule has 2 N–H and O–H groups in total. The van der Waals surface area contributed by atoms with E-state index < -0.39 is 17.6 Å². The van der Waals surface area contributed by atoms with Crippen molar-refractivity contribution in [2.45, 2.75) is 71.1 Å². The Hall–Kier alpha value is -1.30. The van der Waals surface area contributed by atoms with Gasteiger partial charge in [0.15, 0.2) is 0 Å². The van der Waals surface area contributed by atoms with Crippen LogP contribution in [0.25, 0.3) is 0 Å². The highest BCUT2D eigenvalue weighted by molar-refractivity contribution is 5.73. The van der Waals surface area contributed by atoms with Gasteiger partial charge < -0.3 is 20.1 Å². The Bertz CT molecular complexity index is 365. The van der Waals surface area contributed by atoms with E-state index in [2.05, 4.69) is 5.32 Å². The van der Waals surface area contributed by atoms with Crippen molar-refractivity contribution in [3.05, 3.63) is 0 Å². The summed E-state index contributed by atoms with van der Waals surface area (Å²) in [6, 6.07) is -0.561. The lowest BCUT2D eigenvalue weighted by Gasteiger charge is -2.37. The minimum absolute atomic E-state index is 0.00185. The highest BCUT2D eigenvalue weighted by Crippen LogP contribution is 2.20. The quantitative estimate of drug-likeness (QED) is 0.814. The fourth-order valence-electron chi connectivity index (χ4n) is 2.46. The molecule has 0 spiro atoms. The van der Waals surface area contributed by atoms with Crippen LogP contribution in [0.3, 0.4) is 0 Å². The molecule has 21 heavy (non-hydrogen) atoms. The van der Waals surface area contributed by atoms with Crippen molar-refractivity contribution in [2.24, 2.45) is 0 Å². The number of carbonyl (C=O) groups excluding carboxylic acids is 1. The van der Waals surface area contributed by atoms with Crippen LogP contribution in [0.15, 0.2) is 0 Å². The fourth-order valence-corrected chi connectivity index (χ4v) is 2.46. The predicted molar refractivity (Wildman–Crippen MR) is 80.3 cm³/mol. The Morgan fingerprint density at radius 1 is 1.38 bits per heavy atom. The number of rotatable bonds is 5. The van der Waals surface area contributed by atoms with Crippen molar-refractivity contribution in [3.63, 3.8) is 0 Å². The largest absolute Gasteiger partial charge is 0.480 e. The summed E-state index contributed by atoms with van der Waals surface area (Å²) in [7, 11) is 0. The van der Waals surface area contributed by atoms with Gasteiger partial charge in [-0.25, -0.2) is 4.79 Å². The number of ether oxygens (including phenoxy) is 1. The summed E-state index contributed by atoms with van der Waals surface area (Å²) in [5.41, 5.74) is -0.514. The van der Waals surface area contributed by atoms with Gasteiger partial charge in [0, 0.05) is 19.1 Å². The highest BCUT2D eigenvalue weighted by atomic mass is 16.6. The lowest BCUT2D eigenvalue weighted by molar-refractivity contribution is -0.139. The van der Waals surface area contributed by atoms with Crippen molar-refractivity contribution >= 4 is 12.1 Å². The number of carboxylic acids is 1. The first-order valence-corrected chi connectivity index (χ1v) is 7.70. The van der Waals surface area contributed by atoms with Gasteiger partial charge in [0.05, 0.1) is 0 Å². The number of hydrogen-bond donors (Lipinski definition) is 2. The Kier molecular flexibility index (Phi) is 6.45. The molecule has 0 aliphatic carbocycles. The summed E-state index contributed by atoms with van der Waals surface area (Å²) in [6.45, 7) is 8.53. The molecule has 2 unspecified atom stereocenters. The lowest BCUT2D eigenvalue weighted by Crippen LogP contribution is -2.52. The van der Waals surface area contributed by atoms with Gasteiger partial charge in [0.2, 0.25) is 0 Å². The number of carbonyl (C=O) groups is 2. The van der Waals surface area contributed by atoms with Crippen LogP contribution in [0.2, 0.25) is 0 Å². The molecule has 0 aromatic carbocycles. The molecule has 1 fully saturated rings. The Balaban J connectivity index is 2.60. The molecule has 1 aliphatic heterocycles. The summed E-state index contributed by atoms with van der Waals surface area (Å²) >= 11 is 0. The molecule has 122 valence electrons. The second-order valence-corrected chi connectivity index (χ2v) is 6.53. The minimum atomic E-state index is -0.850. The molecule has 1 saturated heterocycles. The third kappa shape index (κ3) is 5.91. The first kappa shape index (κ1) is 17.8. The van der Waals surface area contributed by atoms with Crippen LogP contribution in [0.4, 0.5) is 4.79 Å². The van der Waals surface area contributed by atoms with E-state index in [1.165, 1.54) is 0 Å². The average molecular weight is 300 g/mol. The van der Waals surface area contributed by atoms with Crippen molar-refractivity contribution in [1.82, 2.24) is 10.2 Å². The second kappa shape index (κ2) is 7.64. The monoisotopic (exact) mass is 300 g/mol. The second-order valence-electron chi connectivity index (χ2n) is 6.53. The topological polar surface area (TPSA) is 78.9 Å². The Morgan fingerprint density at radius 3 is 2.57 bits per heavy atom. The van der Waals surface area contributed by atoms with E-state index in [-0.39, 0.29) is 12.1 Å². The first-order valence-electron chi connectivity index (χ1n) is 7.70. The summed E-state index contributed by atoms with van der Waals surface area (Å²) in [5, 5.41) is 12.1. The van der Waals surface area contributed by atoms with Crippen molar-refractivity contribution in [1.29, 1.82) is 0 Å². The van der Waals surface area contributed by atoms with Gasteiger partial charge in [-0.2, -0.15) is 0 Å². The van der Waals surface area contributed by atoms with E-state index in [4.69, 9.17) is 9.84 Å². The van der Waals surface area contributed by atoms with Crippen LogP contribution in [-0.4, -0.2) is 52.8 Å². The number of carboxylic acid groups (broad SMARTS) is 1.